The molecular weight excluding hydrogens is 404 g/mol. The number of aryl methyl sites for hydroxylation is 1. The molecule has 172 valence electrons. The predicted molar refractivity (Wildman–Crippen MR) is 125 cm³/mol. The van der Waals surface area contributed by atoms with Crippen LogP contribution in [0.4, 0.5) is 0 Å². The Kier molecular flexibility index (Phi) is 7.47. The number of rotatable bonds is 5. The number of benzene rings is 1. The first kappa shape index (κ1) is 22.4. The van der Waals surface area contributed by atoms with E-state index in [4.69, 9.17) is 14.1 Å². The van der Waals surface area contributed by atoms with Gasteiger partial charge in [-0.3, -0.25) is 9.79 Å². The van der Waals surface area contributed by atoms with E-state index in [0.29, 0.717) is 24.8 Å². The maximum atomic E-state index is 12.5. The van der Waals surface area contributed by atoms with Crippen molar-refractivity contribution >= 4 is 11.9 Å². The predicted octanol–water partition coefficient (Wildman–Crippen LogP) is 3.48. The van der Waals surface area contributed by atoms with Crippen molar-refractivity contribution in [1.82, 2.24) is 15.1 Å². The zero-order chi connectivity index (χ0) is 22.3. The normalized spacial score (nSPS) is 22.1. The molecule has 1 aromatic heterocycles. The van der Waals surface area contributed by atoms with Gasteiger partial charge in [0.15, 0.2) is 11.7 Å². The second kappa shape index (κ2) is 10.7. The lowest BCUT2D eigenvalue weighted by atomic mass is 9.89. The van der Waals surface area contributed by atoms with Gasteiger partial charge in [0.05, 0.1) is 12.4 Å². The highest BCUT2D eigenvalue weighted by Gasteiger charge is 2.29. The molecule has 1 N–H and O–H groups in total. The van der Waals surface area contributed by atoms with Gasteiger partial charge >= 0.3 is 0 Å². The van der Waals surface area contributed by atoms with E-state index in [1.54, 1.807) is 12.1 Å². The Balaban J connectivity index is 1.39. The summed E-state index contributed by atoms with van der Waals surface area (Å²) < 4.78 is 11.4. The summed E-state index contributed by atoms with van der Waals surface area (Å²) >= 11 is 0. The molecule has 2 aliphatic rings. The number of nitrogens with one attached hydrogen (secondary N) is 1. The number of hydrogen-bond acceptors (Lipinski definition) is 4. The van der Waals surface area contributed by atoms with Gasteiger partial charge < -0.3 is 24.3 Å². The smallest absolute Gasteiger partial charge is 0.289 e. The summed E-state index contributed by atoms with van der Waals surface area (Å²) in [5.41, 5.74) is 2.50. The fourth-order valence-electron chi connectivity index (χ4n) is 4.46. The zero-order valence-corrected chi connectivity index (χ0v) is 19.1. The summed E-state index contributed by atoms with van der Waals surface area (Å²) in [5, 5.41) is 3.44. The van der Waals surface area contributed by atoms with Crippen LogP contribution in [0.15, 0.2) is 52.1 Å². The molecule has 1 aromatic carbocycles. The first-order valence-corrected chi connectivity index (χ1v) is 11.7. The van der Waals surface area contributed by atoms with Crippen LogP contribution < -0.4 is 5.32 Å². The van der Waals surface area contributed by atoms with E-state index in [-0.39, 0.29) is 12.0 Å². The number of guanidine groups is 1. The number of amides is 1. The van der Waals surface area contributed by atoms with Gasteiger partial charge in [0.1, 0.15) is 0 Å². The Morgan fingerprint density at radius 3 is 2.56 bits per heavy atom. The molecule has 2 fully saturated rings. The Labute approximate surface area is 190 Å². The lowest BCUT2D eigenvalue weighted by Crippen LogP contribution is -2.53. The van der Waals surface area contributed by atoms with Crippen molar-refractivity contribution in [2.45, 2.75) is 32.8 Å². The van der Waals surface area contributed by atoms with Crippen molar-refractivity contribution in [3.8, 4) is 0 Å². The van der Waals surface area contributed by atoms with Gasteiger partial charge in [-0.05, 0) is 44.4 Å². The minimum absolute atomic E-state index is 0.0446. The fraction of sp³-hybridized carbons (Fsp3) is 0.520. The third-order valence-corrected chi connectivity index (χ3v) is 6.26. The monoisotopic (exact) mass is 438 g/mol. The quantitative estimate of drug-likeness (QED) is 0.572. The Morgan fingerprint density at radius 1 is 1.12 bits per heavy atom. The van der Waals surface area contributed by atoms with Crippen molar-refractivity contribution in [2.75, 3.05) is 45.9 Å². The molecule has 1 amide bonds. The highest BCUT2D eigenvalue weighted by atomic mass is 16.5. The summed E-state index contributed by atoms with van der Waals surface area (Å²) in [4.78, 5) is 21.6. The van der Waals surface area contributed by atoms with Gasteiger partial charge in [0.25, 0.3) is 5.91 Å². The van der Waals surface area contributed by atoms with Gasteiger partial charge in [0, 0.05) is 51.8 Å². The minimum Gasteiger partial charge on any atom is -0.459 e. The third kappa shape index (κ3) is 5.33. The number of piperazine rings is 1. The second-order valence-electron chi connectivity index (χ2n) is 8.56. The number of hydrogen-bond donors (Lipinski definition) is 1. The van der Waals surface area contributed by atoms with Gasteiger partial charge in [-0.25, -0.2) is 0 Å². The van der Waals surface area contributed by atoms with Crippen LogP contribution in [0.1, 0.15) is 47.6 Å². The van der Waals surface area contributed by atoms with E-state index in [0.717, 1.165) is 51.6 Å². The largest absolute Gasteiger partial charge is 0.459 e. The molecule has 2 saturated heterocycles. The molecule has 0 spiro atoms. The molecule has 0 bridgehead atoms. The highest BCUT2D eigenvalue weighted by molar-refractivity contribution is 5.91. The summed E-state index contributed by atoms with van der Waals surface area (Å²) in [7, 11) is 0. The molecule has 2 unspecified atom stereocenters. The summed E-state index contributed by atoms with van der Waals surface area (Å²) in [6, 6.07) is 12.1. The number of carbonyl (C=O) groups is 1. The molecule has 32 heavy (non-hydrogen) atoms. The Hall–Kier alpha value is -2.80. The lowest BCUT2D eigenvalue weighted by Gasteiger charge is -2.37. The van der Waals surface area contributed by atoms with E-state index >= 15 is 0 Å². The third-order valence-electron chi connectivity index (χ3n) is 6.26. The molecule has 4 rings (SSSR count). The van der Waals surface area contributed by atoms with Crippen molar-refractivity contribution in [1.29, 1.82) is 0 Å². The molecule has 2 aromatic rings. The van der Waals surface area contributed by atoms with Gasteiger partial charge in [-0.15, -0.1) is 0 Å². The van der Waals surface area contributed by atoms with Crippen LogP contribution in [-0.4, -0.2) is 67.5 Å². The maximum absolute atomic E-state index is 12.5. The van der Waals surface area contributed by atoms with Crippen molar-refractivity contribution in [2.24, 2.45) is 10.9 Å². The van der Waals surface area contributed by atoms with Gasteiger partial charge in [0.2, 0.25) is 0 Å². The molecule has 2 aliphatic heterocycles. The SMILES string of the molecule is CCNC(=NCC1CCCOC1c1ccc(C)cc1)N1CCN(C(=O)c2ccco2)CC1. The fourth-order valence-corrected chi connectivity index (χ4v) is 4.46. The minimum atomic E-state index is -0.0446. The Bertz CT molecular complexity index is 886. The molecule has 3 heterocycles. The van der Waals surface area contributed by atoms with E-state index in [2.05, 4.69) is 48.3 Å². The summed E-state index contributed by atoms with van der Waals surface area (Å²) in [6.45, 7) is 9.36. The summed E-state index contributed by atoms with van der Waals surface area (Å²) in [5.74, 6) is 1.64. The molecule has 0 radical (unpaired) electrons. The summed E-state index contributed by atoms with van der Waals surface area (Å²) in [6.07, 6.45) is 3.83. The van der Waals surface area contributed by atoms with Crippen LogP contribution in [0.3, 0.4) is 0 Å². The van der Waals surface area contributed by atoms with Crippen LogP contribution in [-0.2, 0) is 4.74 Å². The molecule has 2 atom stereocenters. The standard InChI is InChI=1S/C25H34N4O3/c1-3-26-25(29-14-12-28(13-15-29)24(30)22-7-5-16-31-22)27-18-21-6-4-17-32-23(21)20-10-8-19(2)9-11-20/h5,7-11,16,21,23H,3-4,6,12-15,17-18H2,1-2H3,(H,26,27). The zero-order valence-electron chi connectivity index (χ0n) is 19.1. The van der Waals surface area contributed by atoms with Crippen LogP contribution in [0.2, 0.25) is 0 Å². The van der Waals surface area contributed by atoms with E-state index in [1.165, 1.54) is 17.4 Å². The van der Waals surface area contributed by atoms with E-state index in [9.17, 15) is 4.79 Å². The molecule has 7 heteroatoms. The van der Waals surface area contributed by atoms with Gasteiger partial charge in [-0.1, -0.05) is 29.8 Å². The first-order chi connectivity index (χ1) is 15.7. The number of aliphatic imine (C=N–C) groups is 1. The maximum Gasteiger partial charge on any atom is 0.289 e. The molecule has 0 aliphatic carbocycles. The molecule has 0 saturated carbocycles. The Morgan fingerprint density at radius 2 is 1.88 bits per heavy atom. The average Bonchev–Trinajstić information content (AvgIpc) is 3.37. The first-order valence-electron chi connectivity index (χ1n) is 11.7. The van der Waals surface area contributed by atoms with Crippen LogP contribution in [0, 0.1) is 12.8 Å². The van der Waals surface area contributed by atoms with Crippen molar-refractivity contribution in [3.63, 3.8) is 0 Å². The van der Waals surface area contributed by atoms with Crippen molar-refractivity contribution in [3.05, 3.63) is 59.5 Å². The average molecular weight is 439 g/mol. The van der Waals surface area contributed by atoms with Crippen molar-refractivity contribution < 1.29 is 13.9 Å². The number of nitrogens with zero attached hydrogens (tertiary/aromatic N) is 3. The highest BCUT2D eigenvalue weighted by Crippen LogP contribution is 2.34. The van der Waals surface area contributed by atoms with E-state index in [1.807, 2.05) is 4.90 Å². The topological polar surface area (TPSA) is 70.3 Å². The number of carbonyl (C=O) groups excluding carboxylic acids is 1. The number of ether oxygens (including phenoxy) is 1. The van der Waals surface area contributed by atoms with Crippen LogP contribution >= 0.6 is 0 Å². The number of furan rings is 1. The molecule has 7 nitrogen and oxygen atoms in total. The van der Waals surface area contributed by atoms with Gasteiger partial charge in [-0.2, -0.15) is 0 Å². The van der Waals surface area contributed by atoms with Crippen LogP contribution in [0.25, 0.3) is 0 Å². The van der Waals surface area contributed by atoms with E-state index < -0.39 is 0 Å². The second-order valence-corrected chi connectivity index (χ2v) is 8.56. The van der Waals surface area contributed by atoms with Crippen LogP contribution in [0.5, 0.6) is 0 Å². The molecular formula is C25H34N4O3. The lowest BCUT2D eigenvalue weighted by molar-refractivity contribution is -0.0251.